The van der Waals surface area contributed by atoms with Gasteiger partial charge in [0.15, 0.2) is 6.61 Å². The molecule has 0 aromatic heterocycles. The van der Waals surface area contributed by atoms with Crippen LogP contribution in [0.2, 0.25) is 0 Å². The van der Waals surface area contributed by atoms with Crippen molar-refractivity contribution in [1.82, 2.24) is 5.01 Å². The van der Waals surface area contributed by atoms with Gasteiger partial charge in [-0.2, -0.15) is 23.3 Å². The average Bonchev–Trinajstić information content (AvgIpc) is 2.84. The number of alkyl halides is 3. The van der Waals surface area contributed by atoms with Crippen LogP contribution in [-0.4, -0.2) is 40.2 Å². The highest BCUT2D eigenvalue weighted by atomic mass is 19.4. The maximum Gasteiger partial charge on any atom is 0.438 e. The van der Waals surface area contributed by atoms with Gasteiger partial charge in [-0.25, -0.2) is 0 Å². The van der Waals surface area contributed by atoms with Gasteiger partial charge >= 0.3 is 6.18 Å². The number of carbonyl (C=O) groups is 1. The molecule has 1 N–H and O–H groups in total. The Kier molecular flexibility index (Phi) is 5.17. The Morgan fingerprint density at radius 2 is 2.08 bits per heavy atom. The third-order valence-electron chi connectivity index (χ3n) is 3.72. The molecule has 132 valence electrons. The molecule has 24 heavy (non-hydrogen) atoms. The molecule has 0 spiro atoms. The van der Waals surface area contributed by atoms with E-state index in [-0.39, 0.29) is 17.1 Å². The maximum atomic E-state index is 13.2. The minimum atomic E-state index is -5.01. The standard InChI is InChI=1S/C16H19F3N2O3/c1-3-6-12-9-15(23,16(17,18)19)21(20-12)14(22)10-24-13-8-5-4-7-11(13)2/h4-5,7-8,23H,3,6,9-10H2,1-2H3/t15-/m1/s1. The fraction of sp³-hybridized carbons (Fsp3) is 0.500. The molecule has 1 aromatic rings. The molecule has 0 unspecified atom stereocenters. The van der Waals surface area contributed by atoms with E-state index < -0.39 is 30.8 Å². The molecule has 1 amide bonds. The van der Waals surface area contributed by atoms with Crippen molar-refractivity contribution in [3.05, 3.63) is 29.8 Å². The molecule has 0 fully saturated rings. The van der Waals surface area contributed by atoms with Gasteiger partial charge in [-0.05, 0) is 25.0 Å². The molecule has 1 aliphatic rings. The lowest BCUT2D eigenvalue weighted by Crippen LogP contribution is -2.57. The summed E-state index contributed by atoms with van der Waals surface area (Å²) in [6, 6.07) is 6.81. The number of nitrogens with zero attached hydrogens (tertiary/aromatic N) is 2. The molecular weight excluding hydrogens is 325 g/mol. The Bertz CT molecular complexity index is 646. The van der Waals surface area contributed by atoms with E-state index in [0.29, 0.717) is 12.2 Å². The largest absolute Gasteiger partial charge is 0.483 e. The molecule has 1 atom stereocenters. The smallest absolute Gasteiger partial charge is 0.438 e. The lowest BCUT2D eigenvalue weighted by Gasteiger charge is -2.32. The number of halogens is 3. The van der Waals surface area contributed by atoms with E-state index in [1.807, 2.05) is 0 Å². The summed E-state index contributed by atoms with van der Waals surface area (Å²) in [4.78, 5) is 12.2. The van der Waals surface area contributed by atoms with E-state index >= 15 is 0 Å². The zero-order chi connectivity index (χ0) is 18.0. The number of benzene rings is 1. The van der Waals surface area contributed by atoms with Crippen molar-refractivity contribution >= 4 is 11.6 Å². The number of aliphatic hydroxyl groups is 1. The first-order valence-electron chi connectivity index (χ1n) is 7.56. The van der Waals surface area contributed by atoms with Crippen LogP contribution in [0, 0.1) is 6.92 Å². The van der Waals surface area contributed by atoms with Crippen LogP contribution in [0.25, 0.3) is 0 Å². The number of rotatable bonds is 5. The molecule has 5 nitrogen and oxygen atoms in total. The highest BCUT2D eigenvalue weighted by molar-refractivity contribution is 5.91. The van der Waals surface area contributed by atoms with Gasteiger partial charge in [-0.3, -0.25) is 4.79 Å². The molecule has 1 aliphatic heterocycles. The van der Waals surface area contributed by atoms with Crippen molar-refractivity contribution < 1.29 is 27.8 Å². The van der Waals surface area contributed by atoms with Crippen molar-refractivity contribution in [3.8, 4) is 5.75 Å². The lowest BCUT2D eigenvalue weighted by molar-refractivity contribution is -0.302. The number of hydrogen-bond donors (Lipinski definition) is 1. The van der Waals surface area contributed by atoms with Gasteiger partial charge < -0.3 is 9.84 Å². The van der Waals surface area contributed by atoms with Crippen molar-refractivity contribution in [2.75, 3.05) is 6.61 Å². The van der Waals surface area contributed by atoms with Gasteiger partial charge in [0.2, 0.25) is 0 Å². The van der Waals surface area contributed by atoms with E-state index in [4.69, 9.17) is 4.74 Å². The van der Waals surface area contributed by atoms with Crippen LogP contribution in [-0.2, 0) is 4.79 Å². The van der Waals surface area contributed by atoms with Crippen molar-refractivity contribution in [2.45, 2.75) is 45.0 Å². The van der Waals surface area contributed by atoms with Gasteiger partial charge in [0, 0.05) is 12.1 Å². The Hall–Kier alpha value is -2.09. The summed E-state index contributed by atoms with van der Waals surface area (Å²) in [6.45, 7) is 2.88. The van der Waals surface area contributed by atoms with Crippen molar-refractivity contribution in [1.29, 1.82) is 0 Å². The zero-order valence-electron chi connectivity index (χ0n) is 13.4. The summed E-state index contributed by atoms with van der Waals surface area (Å²) >= 11 is 0. The van der Waals surface area contributed by atoms with E-state index in [1.54, 1.807) is 38.1 Å². The molecular formula is C16H19F3N2O3. The SMILES string of the molecule is CCCC1=NN(C(=O)COc2ccccc2C)[C@](O)(C(F)(F)F)C1. The lowest BCUT2D eigenvalue weighted by atomic mass is 10.0. The van der Waals surface area contributed by atoms with Gasteiger partial charge in [-0.15, -0.1) is 0 Å². The monoisotopic (exact) mass is 344 g/mol. The number of ether oxygens (including phenoxy) is 1. The Balaban J connectivity index is 2.16. The van der Waals surface area contributed by atoms with E-state index in [1.165, 1.54) is 0 Å². The zero-order valence-corrected chi connectivity index (χ0v) is 13.4. The third-order valence-corrected chi connectivity index (χ3v) is 3.72. The number of hydrazone groups is 1. The first kappa shape index (κ1) is 18.3. The molecule has 2 rings (SSSR count). The molecule has 0 aliphatic carbocycles. The van der Waals surface area contributed by atoms with Crippen molar-refractivity contribution in [2.24, 2.45) is 5.10 Å². The van der Waals surface area contributed by atoms with E-state index in [2.05, 4.69) is 5.10 Å². The second-order valence-electron chi connectivity index (χ2n) is 5.67. The first-order chi connectivity index (χ1) is 11.2. The van der Waals surface area contributed by atoms with Crippen LogP contribution in [0.3, 0.4) is 0 Å². The maximum absolute atomic E-state index is 13.2. The molecule has 0 bridgehead atoms. The Morgan fingerprint density at radius 3 is 2.67 bits per heavy atom. The van der Waals surface area contributed by atoms with Crippen LogP contribution in [0.15, 0.2) is 29.4 Å². The minimum Gasteiger partial charge on any atom is -0.483 e. The Labute approximate surface area is 137 Å². The molecule has 1 heterocycles. The average molecular weight is 344 g/mol. The molecule has 0 saturated carbocycles. The molecule has 0 saturated heterocycles. The van der Waals surface area contributed by atoms with Crippen LogP contribution >= 0.6 is 0 Å². The number of carbonyl (C=O) groups excluding carboxylic acids is 1. The Morgan fingerprint density at radius 1 is 1.42 bits per heavy atom. The highest BCUT2D eigenvalue weighted by Gasteiger charge is 2.63. The second-order valence-corrected chi connectivity index (χ2v) is 5.67. The summed E-state index contributed by atoms with van der Waals surface area (Å²) in [7, 11) is 0. The van der Waals surface area contributed by atoms with Crippen LogP contribution in [0.4, 0.5) is 13.2 Å². The van der Waals surface area contributed by atoms with Crippen LogP contribution in [0.5, 0.6) is 5.75 Å². The first-order valence-corrected chi connectivity index (χ1v) is 7.56. The summed E-state index contributed by atoms with van der Waals surface area (Å²) in [5, 5.41) is 13.8. The number of amides is 1. The van der Waals surface area contributed by atoms with Crippen LogP contribution < -0.4 is 4.74 Å². The number of para-hydroxylation sites is 1. The summed E-state index contributed by atoms with van der Waals surface area (Å²) in [5.74, 6) is -0.664. The fourth-order valence-corrected chi connectivity index (χ4v) is 2.45. The molecule has 0 radical (unpaired) electrons. The van der Waals surface area contributed by atoms with Gasteiger partial charge in [0.05, 0.1) is 0 Å². The number of hydrogen-bond acceptors (Lipinski definition) is 4. The predicted molar refractivity (Wildman–Crippen MR) is 81.5 cm³/mol. The normalized spacial score (nSPS) is 20.9. The summed E-state index contributed by atoms with van der Waals surface area (Å²) in [5.41, 5.74) is -2.43. The minimum absolute atomic E-state index is 0.107. The quantitative estimate of drug-likeness (QED) is 0.893. The topological polar surface area (TPSA) is 62.1 Å². The van der Waals surface area contributed by atoms with Crippen molar-refractivity contribution in [3.63, 3.8) is 0 Å². The highest BCUT2D eigenvalue weighted by Crippen LogP contribution is 2.40. The number of aryl methyl sites for hydroxylation is 1. The molecule has 8 heteroatoms. The van der Waals surface area contributed by atoms with E-state index in [0.717, 1.165) is 5.56 Å². The summed E-state index contributed by atoms with van der Waals surface area (Å²) < 4.78 is 45.0. The van der Waals surface area contributed by atoms with Gasteiger partial charge in [0.1, 0.15) is 5.75 Å². The van der Waals surface area contributed by atoms with Gasteiger partial charge in [0.25, 0.3) is 11.6 Å². The summed E-state index contributed by atoms with van der Waals surface area (Å²) in [6.07, 6.45) is -4.90. The molecule has 1 aromatic carbocycles. The second kappa shape index (κ2) is 6.80. The predicted octanol–water partition coefficient (Wildman–Crippen LogP) is 3.01. The third kappa shape index (κ3) is 3.53. The van der Waals surface area contributed by atoms with Gasteiger partial charge in [-0.1, -0.05) is 31.5 Å². The fourth-order valence-electron chi connectivity index (χ4n) is 2.45. The van der Waals surface area contributed by atoms with E-state index in [9.17, 15) is 23.1 Å². The van der Waals surface area contributed by atoms with Crippen LogP contribution in [0.1, 0.15) is 31.7 Å².